The van der Waals surface area contributed by atoms with Gasteiger partial charge < -0.3 is 10.1 Å². The minimum absolute atomic E-state index is 0.148. The second-order valence-corrected chi connectivity index (χ2v) is 6.70. The van der Waals surface area contributed by atoms with Crippen molar-refractivity contribution in [3.63, 3.8) is 0 Å². The molecule has 0 saturated carbocycles. The minimum Gasteiger partial charge on any atom is -0.495 e. The molecule has 0 fully saturated rings. The molecule has 0 atom stereocenters. The highest BCUT2D eigenvalue weighted by atomic mass is 32.2. The van der Waals surface area contributed by atoms with Gasteiger partial charge in [0.1, 0.15) is 5.75 Å². The maximum absolute atomic E-state index is 12.5. The zero-order valence-corrected chi connectivity index (χ0v) is 13.9. The smallest absolute Gasteiger partial charge is 0.262 e. The second-order valence-electron chi connectivity index (χ2n) is 5.01. The van der Waals surface area contributed by atoms with Gasteiger partial charge in [0.2, 0.25) is 5.91 Å². The second kappa shape index (κ2) is 6.70. The number of hydrogen-bond donors (Lipinski definition) is 2. The van der Waals surface area contributed by atoms with Crippen molar-refractivity contribution in [2.45, 2.75) is 18.7 Å². The van der Waals surface area contributed by atoms with Gasteiger partial charge in [-0.1, -0.05) is 17.7 Å². The summed E-state index contributed by atoms with van der Waals surface area (Å²) < 4.78 is 32.6. The summed E-state index contributed by atoms with van der Waals surface area (Å²) in [5, 5.41) is 2.60. The van der Waals surface area contributed by atoms with Crippen LogP contribution < -0.4 is 14.8 Å². The first-order valence-corrected chi connectivity index (χ1v) is 8.35. The Morgan fingerprint density at radius 3 is 2.30 bits per heavy atom. The number of amides is 1. The molecule has 0 unspecified atom stereocenters. The van der Waals surface area contributed by atoms with Crippen molar-refractivity contribution >= 4 is 27.3 Å². The highest BCUT2D eigenvalue weighted by Gasteiger charge is 2.17. The van der Waals surface area contributed by atoms with Gasteiger partial charge in [-0.25, -0.2) is 8.42 Å². The molecule has 2 rings (SSSR count). The third-order valence-corrected chi connectivity index (χ3v) is 4.48. The molecule has 0 aromatic heterocycles. The minimum atomic E-state index is -3.75. The lowest BCUT2D eigenvalue weighted by Crippen LogP contribution is -2.14. The Morgan fingerprint density at radius 1 is 1.09 bits per heavy atom. The molecule has 0 aliphatic heterocycles. The van der Waals surface area contributed by atoms with Gasteiger partial charge in [-0.05, 0) is 37.3 Å². The predicted molar refractivity (Wildman–Crippen MR) is 89.3 cm³/mol. The first-order chi connectivity index (χ1) is 10.8. The summed E-state index contributed by atoms with van der Waals surface area (Å²) in [5.41, 5.74) is 1.69. The number of methoxy groups -OCH3 is 1. The summed E-state index contributed by atoms with van der Waals surface area (Å²) >= 11 is 0. The third kappa shape index (κ3) is 4.23. The van der Waals surface area contributed by atoms with Crippen LogP contribution in [0.15, 0.2) is 47.4 Å². The van der Waals surface area contributed by atoms with E-state index < -0.39 is 10.0 Å². The normalized spacial score (nSPS) is 10.9. The lowest BCUT2D eigenvalue weighted by Gasteiger charge is -2.13. The largest absolute Gasteiger partial charge is 0.495 e. The molecule has 0 heterocycles. The molecule has 0 spiro atoms. The molecule has 0 bridgehead atoms. The maximum Gasteiger partial charge on any atom is 0.262 e. The molecule has 0 aliphatic rings. The van der Waals surface area contributed by atoms with Crippen LogP contribution in [0, 0.1) is 6.92 Å². The monoisotopic (exact) mass is 334 g/mol. The number of nitrogens with one attached hydrogen (secondary N) is 2. The van der Waals surface area contributed by atoms with Gasteiger partial charge in [0.05, 0.1) is 17.7 Å². The molecule has 2 N–H and O–H groups in total. The average molecular weight is 334 g/mol. The molecule has 2 aromatic carbocycles. The fourth-order valence-electron chi connectivity index (χ4n) is 1.99. The van der Waals surface area contributed by atoms with Crippen molar-refractivity contribution in [1.82, 2.24) is 0 Å². The molecular formula is C16H18N2O4S. The Hall–Kier alpha value is -2.54. The lowest BCUT2D eigenvalue weighted by molar-refractivity contribution is -0.114. The standard InChI is InChI=1S/C16H18N2O4S/c1-11-4-7-14(8-5-11)23(20,21)18-15-10-13(17-12(2)19)6-9-16(15)22-3/h4-10,18H,1-3H3,(H,17,19). The van der Waals surface area contributed by atoms with Gasteiger partial charge in [-0.2, -0.15) is 0 Å². The number of hydrogen-bond acceptors (Lipinski definition) is 4. The van der Waals surface area contributed by atoms with Gasteiger partial charge in [0, 0.05) is 12.6 Å². The van der Waals surface area contributed by atoms with Crippen LogP contribution in [-0.2, 0) is 14.8 Å². The van der Waals surface area contributed by atoms with Crippen molar-refractivity contribution in [1.29, 1.82) is 0 Å². The number of aryl methyl sites for hydroxylation is 1. The first-order valence-electron chi connectivity index (χ1n) is 6.87. The number of anilines is 2. The van der Waals surface area contributed by atoms with E-state index in [1.165, 1.54) is 32.2 Å². The van der Waals surface area contributed by atoms with Crippen molar-refractivity contribution in [3.05, 3.63) is 48.0 Å². The van der Waals surface area contributed by atoms with Crippen LogP contribution in [0.4, 0.5) is 11.4 Å². The fraction of sp³-hybridized carbons (Fsp3) is 0.188. The summed E-state index contributed by atoms with van der Waals surface area (Å²) in [6.45, 7) is 3.25. The Kier molecular flexibility index (Phi) is 4.90. The van der Waals surface area contributed by atoms with E-state index in [0.717, 1.165) is 5.56 Å². The van der Waals surface area contributed by atoms with Crippen molar-refractivity contribution < 1.29 is 17.9 Å². The van der Waals surface area contributed by atoms with Crippen LogP contribution in [0.1, 0.15) is 12.5 Å². The molecule has 0 aliphatic carbocycles. The highest BCUT2D eigenvalue weighted by molar-refractivity contribution is 7.92. The van der Waals surface area contributed by atoms with E-state index in [4.69, 9.17) is 4.74 Å². The van der Waals surface area contributed by atoms with E-state index in [0.29, 0.717) is 11.4 Å². The number of rotatable bonds is 5. The Bertz CT molecular complexity index is 814. The molecule has 0 radical (unpaired) electrons. The van der Waals surface area contributed by atoms with E-state index in [9.17, 15) is 13.2 Å². The number of sulfonamides is 1. The van der Waals surface area contributed by atoms with E-state index in [2.05, 4.69) is 10.0 Å². The number of carbonyl (C=O) groups excluding carboxylic acids is 1. The maximum atomic E-state index is 12.5. The Labute approximate surface area is 135 Å². The average Bonchev–Trinajstić information content (AvgIpc) is 2.47. The fourth-order valence-corrected chi connectivity index (χ4v) is 3.05. The van der Waals surface area contributed by atoms with Gasteiger partial charge in [-0.3, -0.25) is 9.52 Å². The molecule has 7 heteroatoms. The molecular weight excluding hydrogens is 316 g/mol. The van der Waals surface area contributed by atoms with Gasteiger partial charge in [-0.15, -0.1) is 0 Å². The Balaban J connectivity index is 2.37. The van der Waals surface area contributed by atoms with Crippen LogP contribution in [0.2, 0.25) is 0 Å². The summed E-state index contributed by atoms with van der Waals surface area (Å²) in [6.07, 6.45) is 0. The van der Waals surface area contributed by atoms with Gasteiger partial charge in [0.25, 0.3) is 10.0 Å². The molecule has 6 nitrogen and oxygen atoms in total. The molecule has 2 aromatic rings. The van der Waals surface area contributed by atoms with Gasteiger partial charge >= 0.3 is 0 Å². The van der Waals surface area contributed by atoms with Crippen LogP contribution in [0.25, 0.3) is 0 Å². The molecule has 122 valence electrons. The predicted octanol–water partition coefficient (Wildman–Crippen LogP) is 2.76. The molecule has 23 heavy (non-hydrogen) atoms. The van der Waals surface area contributed by atoms with Gasteiger partial charge in [0.15, 0.2) is 0 Å². The number of carbonyl (C=O) groups is 1. The van der Waals surface area contributed by atoms with E-state index >= 15 is 0 Å². The lowest BCUT2D eigenvalue weighted by atomic mass is 10.2. The van der Waals surface area contributed by atoms with E-state index in [-0.39, 0.29) is 16.5 Å². The summed E-state index contributed by atoms with van der Waals surface area (Å²) in [7, 11) is -2.31. The van der Waals surface area contributed by atoms with Crippen LogP contribution in [0.3, 0.4) is 0 Å². The summed E-state index contributed by atoms with van der Waals surface area (Å²) in [4.78, 5) is 11.3. The topological polar surface area (TPSA) is 84.5 Å². The zero-order valence-electron chi connectivity index (χ0n) is 13.1. The first kappa shape index (κ1) is 16.8. The SMILES string of the molecule is COc1ccc(NC(C)=O)cc1NS(=O)(=O)c1ccc(C)cc1. The van der Waals surface area contributed by atoms with Crippen LogP contribution in [-0.4, -0.2) is 21.4 Å². The summed E-state index contributed by atoms with van der Waals surface area (Å²) in [5.74, 6) is 0.109. The molecule has 0 saturated heterocycles. The quantitative estimate of drug-likeness (QED) is 0.880. The van der Waals surface area contributed by atoms with Crippen LogP contribution >= 0.6 is 0 Å². The van der Waals surface area contributed by atoms with Crippen molar-refractivity contribution in [2.75, 3.05) is 17.1 Å². The van der Waals surface area contributed by atoms with Crippen LogP contribution in [0.5, 0.6) is 5.75 Å². The number of ether oxygens (including phenoxy) is 1. The molecule has 1 amide bonds. The van der Waals surface area contributed by atoms with E-state index in [1.54, 1.807) is 24.3 Å². The van der Waals surface area contributed by atoms with E-state index in [1.807, 2.05) is 6.92 Å². The zero-order chi connectivity index (χ0) is 17.0. The van der Waals surface area contributed by atoms with Crippen molar-refractivity contribution in [2.24, 2.45) is 0 Å². The third-order valence-electron chi connectivity index (χ3n) is 3.10. The highest BCUT2D eigenvalue weighted by Crippen LogP contribution is 2.30. The van der Waals surface area contributed by atoms with Crippen molar-refractivity contribution in [3.8, 4) is 5.75 Å². The Morgan fingerprint density at radius 2 is 1.74 bits per heavy atom. The number of benzene rings is 2. The summed E-state index contributed by atoms with van der Waals surface area (Å²) in [6, 6.07) is 11.2.